The zero-order valence-electron chi connectivity index (χ0n) is 13.9. The second kappa shape index (κ2) is 7.00. The molecule has 1 aromatic heterocycles. The highest BCUT2D eigenvalue weighted by atomic mass is 16.4. The topological polar surface area (TPSA) is 121 Å². The molecule has 130 valence electrons. The summed E-state index contributed by atoms with van der Waals surface area (Å²) >= 11 is 0. The van der Waals surface area contributed by atoms with Gasteiger partial charge in [0.15, 0.2) is 0 Å². The molecule has 8 heteroatoms. The molecule has 0 unspecified atom stereocenters. The number of carbonyl (C=O) groups excluding carboxylic acids is 1. The summed E-state index contributed by atoms with van der Waals surface area (Å²) in [5, 5.41) is 22.2. The quantitative estimate of drug-likeness (QED) is 0.566. The largest absolute Gasteiger partial charge is 0.478 e. The lowest BCUT2D eigenvalue weighted by Crippen LogP contribution is -2.12. The van der Waals surface area contributed by atoms with Crippen LogP contribution in [0.5, 0.6) is 0 Å². The van der Waals surface area contributed by atoms with E-state index in [0.717, 1.165) is 17.5 Å². The molecule has 1 amide bonds. The Morgan fingerprint density at radius 2 is 1.60 bits per heavy atom. The first-order valence-electron chi connectivity index (χ1n) is 7.31. The highest BCUT2D eigenvalue weighted by Gasteiger charge is 2.15. The highest BCUT2D eigenvalue weighted by Crippen LogP contribution is 2.22. The van der Waals surface area contributed by atoms with Gasteiger partial charge in [-0.25, -0.2) is 15.0 Å². The Labute approximate surface area is 143 Å². The number of benzene rings is 1. The van der Waals surface area contributed by atoms with Gasteiger partial charge in [-0.05, 0) is 38.1 Å². The monoisotopic (exact) mass is 343 g/mol. The minimum Gasteiger partial charge on any atom is -0.478 e. The van der Waals surface area contributed by atoms with E-state index in [2.05, 4.69) is 10.5 Å². The number of aryl methyl sites for hydroxylation is 1. The third-order valence-electron chi connectivity index (χ3n) is 3.57. The summed E-state index contributed by atoms with van der Waals surface area (Å²) in [5.41, 5.74) is 4.70. The molecule has 0 aliphatic rings. The number of hydrogen-bond acceptors (Lipinski definition) is 4. The van der Waals surface area contributed by atoms with Crippen LogP contribution < -0.4 is 5.43 Å². The molecular formula is C17H17N3O5. The maximum Gasteiger partial charge on any atom is 0.335 e. The predicted octanol–water partition coefficient (Wildman–Crippen LogP) is 1.96. The second-order valence-electron chi connectivity index (χ2n) is 5.47. The van der Waals surface area contributed by atoms with E-state index in [1.165, 1.54) is 25.3 Å². The Hall–Kier alpha value is -3.42. The number of hydrogen-bond donors (Lipinski definition) is 3. The summed E-state index contributed by atoms with van der Waals surface area (Å²) in [5.74, 6) is -2.72. The van der Waals surface area contributed by atoms with Gasteiger partial charge >= 0.3 is 11.9 Å². The number of carboxylic acids is 2. The Morgan fingerprint density at radius 1 is 1.04 bits per heavy atom. The molecule has 1 heterocycles. The van der Waals surface area contributed by atoms with E-state index in [1.807, 2.05) is 0 Å². The normalized spacial score (nSPS) is 10.8. The number of carbonyl (C=O) groups is 3. The van der Waals surface area contributed by atoms with Gasteiger partial charge in [-0.1, -0.05) is 0 Å². The summed E-state index contributed by atoms with van der Waals surface area (Å²) < 4.78 is 1.73. The van der Waals surface area contributed by atoms with E-state index in [4.69, 9.17) is 0 Å². The van der Waals surface area contributed by atoms with Crippen molar-refractivity contribution < 1.29 is 24.6 Å². The molecule has 25 heavy (non-hydrogen) atoms. The SMILES string of the molecule is CC(=O)N/N=C\c1cc(C)n(-c2cc(C(=O)O)cc(C(=O)O)c2)c1C. The summed E-state index contributed by atoms with van der Waals surface area (Å²) in [6, 6.07) is 5.73. The maximum absolute atomic E-state index is 11.3. The number of aromatic nitrogens is 1. The van der Waals surface area contributed by atoms with Gasteiger partial charge in [0.25, 0.3) is 0 Å². The second-order valence-corrected chi connectivity index (χ2v) is 5.47. The van der Waals surface area contributed by atoms with E-state index in [-0.39, 0.29) is 17.0 Å². The zero-order valence-corrected chi connectivity index (χ0v) is 13.9. The average molecular weight is 343 g/mol. The molecule has 0 radical (unpaired) electrons. The molecule has 0 saturated carbocycles. The van der Waals surface area contributed by atoms with Crippen LogP contribution in [0, 0.1) is 13.8 Å². The number of rotatable bonds is 5. The fraction of sp³-hybridized carbons (Fsp3) is 0.176. The number of hydrazone groups is 1. The van der Waals surface area contributed by atoms with Crippen molar-refractivity contribution in [3.8, 4) is 5.69 Å². The van der Waals surface area contributed by atoms with Gasteiger partial charge in [0.05, 0.1) is 17.3 Å². The van der Waals surface area contributed by atoms with Crippen LogP contribution in [-0.2, 0) is 4.79 Å². The van der Waals surface area contributed by atoms with Gasteiger partial charge in [-0.15, -0.1) is 0 Å². The first-order chi connectivity index (χ1) is 11.7. The Morgan fingerprint density at radius 3 is 2.08 bits per heavy atom. The van der Waals surface area contributed by atoms with Gasteiger partial charge in [-0.3, -0.25) is 4.79 Å². The zero-order chi connectivity index (χ0) is 18.7. The standard InChI is InChI=1S/C17H17N3O5/c1-9-4-14(8-18-19-11(3)21)10(2)20(9)15-6-12(16(22)23)5-13(7-15)17(24)25/h4-8H,1-3H3,(H,19,21)(H,22,23)(H,24,25)/b18-8-. The first kappa shape index (κ1) is 17.9. The predicted molar refractivity (Wildman–Crippen MR) is 90.6 cm³/mol. The van der Waals surface area contributed by atoms with Crippen LogP contribution in [0.1, 0.15) is 44.6 Å². The van der Waals surface area contributed by atoms with Crippen LogP contribution in [0.15, 0.2) is 29.4 Å². The van der Waals surface area contributed by atoms with Crippen LogP contribution in [0.3, 0.4) is 0 Å². The Balaban J connectivity index is 2.57. The average Bonchev–Trinajstić information content (AvgIpc) is 2.80. The summed E-state index contributed by atoms with van der Waals surface area (Å²) in [6.45, 7) is 4.93. The van der Waals surface area contributed by atoms with Crippen LogP contribution in [0.25, 0.3) is 5.69 Å². The van der Waals surface area contributed by atoms with Crippen molar-refractivity contribution in [3.05, 3.63) is 52.3 Å². The van der Waals surface area contributed by atoms with E-state index in [1.54, 1.807) is 24.5 Å². The molecule has 2 rings (SSSR count). The number of amides is 1. The number of nitrogens with one attached hydrogen (secondary N) is 1. The number of nitrogens with zero attached hydrogens (tertiary/aromatic N) is 2. The van der Waals surface area contributed by atoms with Gasteiger partial charge in [-0.2, -0.15) is 5.10 Å². The van der Waals surface area contributed by atoms with Gasteiger partial charge < -0.3 is 14.8 Å². The Kier molecular flexibility index (Phi) is 5.02. The van der Waals surface area contributed by atoms with Crippen molar-refractivity contribution >= 4 is 24.1 Å². The lowest BCUT2D eigenvalue weighted by atomic mass is 10.1. The van der Waals surface area contributed by atoms with E-state index in [0.29, 0.717) is 11.3 Å². The lowest BCUT2D eigenvalue weighted by molar-refractivity contribution is -0.118. The first-order valence-corrected chi connectivity index (χ1v) is 7.31. The van der Waals surface area contributed by atoms with Crippen molar-refractivity contribution in [3.63, 3.8) is 0 Å². The van der Waals surface area contributed by atoms with Crippen LogP contribution in [-0.4, -0.2) is 38.8 Å². The molecule has 0 saturated heterocycles. The van der Waals surface area contributed by atoms with E-state index >= 15 is 0 Å². The van der Waals surface area contributed by atoms with Crippen molar-refractivity contribution in [2.45, 2.75) is 20.8 Å². The minimum atomic E-state index is -1.21. The lowest BCUT2D eigenvalue weighted by Gasteiger charge is -2.12. The minimum absolute atomic E-state index is 0.115. The van der Waals surface area contributed by atoms with Crippen molar-refractivity contribution in [1.82, 2.24) is 9.99 Å². The summed E-state index contributed by atoms with van der Waals surface area (Å²) in [6.07, 6.45) is 1.47. The van der Waals surface area contributed by atoms with E-state index < -0.39 is 11.9 Å². The van der Waals surface area contributed by atoms with Gasteiger partial charge in [0.2, 0.25) is 5.91 Å². The molecule has 0 aliphatic heterocycles. The third kappa shape index (κ3) is 3.92. The smallest absolute Gasteiger partial charge is 0.335 e. The van der Waals surface area contributed by atoms with E-state index in [9.17, 15) is 24.6 Å². The number of carboxylic acid groups (broad SMARTS) is 2. The van der Waals surface area contributed by atoms with Crippen molar-refractivity contribution in [1.29, 1.82) is 0 Å². The highest BCUT2D eigenvalue weighted by molar-refractivity contribution is 5.95. The molecule has 3 N–H and O–H groups in total. The number of aromatic carboxylic acids is 2. The molecule has 0 bridgehead atoms. The molecule has 0 spiro atoms. The third-order valence-corrected chi connectivity index (χ3v) is 3.57. The van der Waals surface area contributed by atoms with Crippen LogP contribution in [0.4, 0.5) is 0 Å². The molecule has 0 atom stereocenters. The molecule has 0 fully saturated rings. The van der Waals surface area contributed by atoms with Gasteiger partial charge in [0, 0.05) is 29.6 Å². The maximum atomic E-state index is 11.3. The molecule has 1 aromatic carbocycles. The fourth-order valence-electron chi connectivity index (χ4n) is 2.50. The summed E-state index contributed by atoms with van der Waals surface area (Å²) in [4.78, 5) is 33.4. The molecule has 8 nitrogen and oxygen atoms in total. The van der Waals surface area contributed by atoms with Crippen molar-refractivity contribution in [2.24, 2.45) is 5.10 Å². The summed E-state index contributed by atoms with van der Waals surface area (Å²) in [7, 11) is 0. The Bertz CT molecular complexity index is 864. The molecule has 2 aromatic rings. The molecular weight excluding hydrogens is 326 g/mol. The molecule has 0 aliphatic carbocycles. The van der Waals surface area contributed by atoms with Gasteiger partial charge in [0.1, 0.15) is 0 Å². The van der Waals surface area contributed by atoms with Crippen molar-refractivity contribution in [2.75, 3.05) is 0 Å². The van der Waals surface area contributed by atoms with Crippen LogP contribution >= 0.6 is 0 Å². The van der Waals surface area contributed by atoms with Crippen LogP contribution in [0.2, 0.25) is 0 Å². The fourth-order valence-corrected chi connectivity index (χ4v) is 2.50.